The number of nitrogens with one attached hydrogen (secondary N) is 1. The smallest absolute Gasteiger partial charge is 0.361 e. The van der Waals surface area contributed by atoms with Gasteiger partial charge in [-0.15, -0.1) is 4.98 Å². The van der Waals surface area contributed by atoms with E-state index in [2.05, 4.69) is 25.4 Å². The summed E-state index contributed by atoms with van der Waals surface area (Å²) in [5, 5.41) is 9.03. The summed E-state index contributed by atoms with van der Waals surface area (Å²) < 4.78 is 37.7. The molecule has 1 aliphatic heterocycles. The lowest BCUT2D eigenvalue weighted by Gasteiger charge is -2.19. The van der Waals surface area contributed by atoms with Crippen molar-refractivity contribution in [1.82, 2.24) is 4.98 Å². The molecule has 1 aliphatic rings. The van der Waals surface area contributed by atoms with Gasteiger partial charge < -0.3 is 10.2 Å². The van der Waals surface area contributed by atoms with Crippen LogP contribution in [-0.2, 0) is 4.79 Å². The fourth-order valence-corrected chi connectivity index (χ4v) is 1.77. The first-order valence-corrected chi connectivity index (χ1v) is 5.88. The van der Waals surface area contributed by atoms with E-state index in [9.17, 15) is 18.0 Å². The predicted molar refractivity (Wildman–Crippen MR) is 66.8 cm³/mol. The molecule has 0 radical (unpaired) electrons. The third kappa shape index (κ3) is 3.16. The summed E-state index contributed by atoms with van der Waals surface area (Å²) in [5.41, 5.74) is -1.29. The number of anilines is 1. The van der Waals surface area contributed by atoms with E-state index in [-0.39, 0.29) is 11.5 Å². The highest BCUT2D eigenvalue weighted by Crippen LogP contribution is 2.37. The summed E-state index contributed by atoms with van der Waals surface area (Å²) in [4.78, 5) is 18.9. The summed E-state index contributed by atoms with van der Waals surface area (Å²) >= 11 is 0. The highest BCUT2D eigenvalue weighted by Gasteiger charge is 2.51. The summed E-state index contributed by atoms with van der Waals surface area (Å²) in [6.07, 6.45) is -3.79. The molecule has 2 heterocycles. The second-order valence-electron chi connectivity index (χ2n) is 4.72. The molecule has 1 amide bonds. The quantitative estimate of drug-likeness (QED) is 0.852. The minimum absolute atomic E-state index is 0.150. The van der Waals surface area contributed by atoms with Crippen LogP contribution in [0, 0.1) is 6.57 Å². The number of carbonyl (C=O) groups excluding carboxylic acids is 1. The average Bonchev–Trinajstić information content (AvgIpc) is 2.84. The van der Waals surface area contributed by atoms with Crippen molar-refractivity contribution in [2.45, 2.75) is 31.1 Å². The van der Waals surface area contributed by atoms with E-state index in [0.717, 1.165) is 0 Å². The molecular weight excluding hydrogens is 287 g/mol. The number of alkyl halides is 3. The van der Waals surface area contributed by atoms with E-state index in [1.54, 1.807) is 0 Å². The molecule has 2 atom stereocenters. The van der Waals surface area contributed by atoms with Crippen molar-refractivity contribution in [3.8, 4) is 0 Å². The van der Waals surface area contributed by atoms with E-state index in [4.69, 9.17) is 6.57 Å². The van der Waals surface area contributed by atoms with Gasteiger partial charge in [0.1, 0.15) is 6.20 Å². The van der Waals surface area contributed by atoms with Crippen LogP contribution < -0.4 is 5.32 Å². The van der Waals surface area contributed by atoms with Crippen LogP contribution in [0.1, 0.15) is 13.3 Å². The van der Waals surface area contributed by atoms with E-state index in [0.29, 0.717) is 0 Å². The topological polar surface area (TPSA) is 71.1 Å². The molecule has 0 bridgehead atoms. The average molecular weight is 297 g/mol. The van der Waals surface area contributed by atoms with Crippen LogP contribution in [0.2, 0.25) is 0 Å². The lowest BCUT2D eigenvalue weighted by molar-refractivity contribution is -0.148. The Labute approximate surface area is 117 Å². The fraction of sp³-hybridized carbons (Fsp3) is 0.417. The zero-order valence-corrected chi connectivity index (χ0v) is 10.8. The van der Waals surface area contributed by atoms with Gasteiger partial charge in [0.2, 0.25) is 0 Å². The van der Waals surface area contributed by atoms with E-state index >= 15 is 0 Å². The number of halogens is 3. The van der Waals surface area contributed by atoms with Gasteiger partial charge in [-0.05, 0) is 19.1 Å². The first-order valence-electron chi connectivity index (χ1n) is 5.88. The molecular formula is C12H10F3N5O. The van der Waals surface area contributed by atoms with E-state index < -0.39 is 30.1 Å². The molecule has 0 fully saturated rings. The number of hydrogen-bond acceptors (Lipinski definition) is 4. The Balaban J connectivity index is 2.07. The molecule has 2 rings (SSSR count). The van der Waals surface area contributed by atoms with Crippen molar-refractivity contribution >= 4 is 17.4 Å². The standard InChI is InChI=1S/C12H10F3N5O/c1-11(5-8(19-20-11)12(13,14)15)10(21)18-7-3-4-9(16-2)17-6-7/h3-4,6,8H,5H2,1H3,(H,18,21). The maximum Gasteiger partial charge on any atom is 0.412 e. The molecule has 21 heavy (non-hydrogen) atoms. The number of pyridine rings is 1. The maximum absolute atomic E-state index is 12.6. The van der Waals surface area contributed by atoms with Crippen LogP contribution in [0.3, 0.4) is 0 Å². The van der Waals surface area contributed by atoms with Gasteiger partial charge in [0.15, 0.2) is 11.6 Å². The van der Waals surface area contributed by atoms with Crippen molar-refractivity contribution in [3.63, 3.8) is 0 Å². The Morgan fingerprint density at radius 1 is 1.52 bits per heavy atom. The van der Waals surface area contributed by atoms with Crippen molar-refractivity contribution < 1.29 is 18.0 Å². The molecule has 1 aromatic rings. The van der Waals surface area contributed by atoms with Gasteiger partial charge in [0, 0.05) is 6.42 Å². The van der Waals surface area contributed by atoms with E-state index in [1.807, 2.05) is 0 Å². The van der Waals surface area contributed by atoms with E-state index in [1.165, 1.54) is 25.3 Å². The predicted octanol–water partition coefficient (Wildman–Crippen LogP) is 3.12. The Morgan fingerprint density at radius 3 is 2.71 bits per heavy atom. The van der Waals surface area contributed by atoms with Gasteiger partial charge in [0.05, 0.1) is 5.69 Å². The minimum Gasteiger partial charge on any atom is -0.361 e. The van der Waals surface area contributed by atoms with Gasteiger partial charge in [-0.2, -0.15) is 23.4 Å². The molecule has 0 aliphatic carbocycles. The van der Waals surface area contributed by atoms with Gasteiger partial charge in [0.25, 0.3) is 11.7 Å². The van der Waals surface area contributed by atoms with Crippen LogP contribution in [-0.4, -0.2) is 28.6 Å². The second kappa shape index (κ2) is 5.12. The molecule has 0 saturated carbocycles. The van der Waals surface area contributed by atoms with Crippen LogP contribution in [0.25, 0.3) is 4.85 Å². The molecule has 1 aromatic heterocycles. The fourth-order valence-electron chi connectivity index (χ4n) is 1.77. The van der Waals surface area contributed by atoms with Gasteiger partial charge in [-0.1, -0.05) is 6.57 Å². The maximum atomic E-state index is 12.6. The third-order valence-corrected chi connectivity index (χ3v) is 3.00. The second-order valence-corrected chi connectivity index (χ2v) is 4.72. The summed E-state index contributed by atoms with van der Waals surface area (Å²) in [7, 11) is 0. The zero-order valence-electron chi connectivity index (χ0n) is 10.8. The SMILES string of the molecule is [C-]#[N+]c1ccc(NC(=O)C2(C)CC(C(F)(F)F)N=N2)cn1. The molecule has 2 unspecified atom stereocenters. The number of carbonyl (C=O) groups is 1. The molecule has 9 heteroatoms. The normalized spacial score (nSPS) is 24.6. The molecule has 0 aromatic carbocycles. The van der Waals surface area contributed by atoms with Crippen molar-refractivity contribution in [2.24, 2.45) is 10.2 Å². The molecule has 0 spiro atoms. The zero-order chi connectivity index (χ0) is 15.7. The van der Waals surface area contributed by atoms with Crippen molar-refractivity contribution in [3.05, 3.63) is 29.7 Å². The Hall–Kier alpha value is -2.50. The van der Waals surface area contributed by atoms with Gasteiger partial charge in [-0.25, -0.2) is 0 Å². The number of aromatic nitrogens is 1. The van der Waals surface area contributed by atoms with Crippen LogP contribution in [0.5, 0.6) is 0 Å². The highest BCUT2D eigenvalue weighted by atomic mass is 19.4. The summed E-state index contributed by atoms with van der Waals surface area (Å²) in [6.45, 7) is 8.03. The van der Waals surface area contributed by atoms with Crippen LogP contribution >= 0.6 is 0 Å². The number of hydrogen-bond donors (Lipinski definition) is 1. The largest absolute Gasteiger partial charge is 0.412 e. The Bertz CT molecular complexity index is 619. The molecule has 1 N–H and O–H groups in total. The molecule has 110 valence electrons. The Morgan fingerprint density at radius 2 is 2.24 bits per heavy atom. The minimum atomic E-state index is -4.51. The highest BCUT2D eigenvalue weighted by molar-refractivity contribution is 5.98. The molecule has 6 nitrogen and oxygen atoms in total. The first-order chi connectivity index (χ1) is 9.74. The Kier molecular flexibility index (Phi) is 3.63. The molecule has 0 saturated heterocycles. The lowest BCUT2D eigenvalue weighted by Crippen LogP contribution is -2.40. The summed E-state index contributed by atoms with van der Waals surface area (Å²) in [6, 6.07) is 0.866. The number of amides is 1. The number of nitrogens with zero attached hydrogens (tertiary/aromatic N) is 4. The third-order valence-electron chi connectivity index (χ3n) is 3.00. The number of azo groups is 1. The summed E-state index contributed by atoms with van der Waals surface area (Å²) in [5.74, 6) is -0.549. The van der Waals surface area contributed by atoms with Gasteiger partial charge >= 0.3 is 6.18 Å². The number of rotatable bonds is 2. The van der Waals surface area contributed by atoms with Crippen LogP contribution in [0.4, 0.5) is 24.7 Å². The van der Waals surface area contributed by atoms with Gasteiger partial charge in [-0.3, -0.25) is 4.79 Å². The lowest BCUT2D eigenvalue weighted by atomic mass is 9.94. The van der Waals surface area contributed by atoms with Crippen molar-refractivity contribution in [2.75, 3.05) is 5.32 Å². The monoisotopic (exact) mass is 297 g/mol. The first kappa shape index (κ1) is 14.9. The van der Waals surface area contributed by atoms with Crippen LogP contribution in [0.15, 0.2) is 28.6 Å². The van der Waals surface area contributed by atoms with Crippen molar-refractivity contribution in [1.29, 1.82) is 0 Å².